The minimum absolute atomic E-state index is 0.235. The normalized spacial score (nSPS) is 27.6. The Morgan fingerprint density at radius 1 is 1.60 bits per heavy atom. The Morgan fingerprint density at radius 2 is 2.20 bits per heavy atom. The molecule has 10 heavy (non-hydrogen) atoms. The van der Waals surface area contributed by atoms with Gasteiger partial charge in [-0.15, -0.1) is 0 Å². The maximum atomic E-state index is 8.84. The Kier molecular flexibility index (Phi) is 1.86. The summed E-state index contributed by atoms with van der Waals surface area (Å²) in [5.74, 6) is 0. The largest absolute Gasteiger partial charge is 0.392 e. The number of hydrogen-bond acceptors (Lipinski definition) is 1. The van der Waals surface area contributed by atoms with Crippen molar-refractivity contribution in [3.8, 4) is 0 Å². The Labute approximate surface area is 62.8 Å². The Hall–Kier alpha value is -0.300. The predicted molar refractivity (Wildman–Crippen MR) is 42.8 cm³/mol. The van der Waals surface area contributed by atoms with Crippen LogP contribution in [0.3, 0.4) is 0 Å². The zero-order valence-electron chi connectivity index (χ0n) is 7.07. The molecule has 0 saturated heterocycles. The quantitative estimate of drug-likeness (QED) is 0.553. The summed E-state index contributed by atoms with van der Waals surface area (Å²) in [7, 11) is 0. The molecule has 0 amide bonds. The van der Waals surface area contributed by atoms with Gasteiger partial charge in [0.25, 0.3) is 0 Å². The summed E-state index contributed by atoms with van der Waals surface area (Å²) >= 11 is 0. The Balaban J connectivity index is 2.75. The second-order valence-corrected chi connectivity index (χ2v) is 3.80. The van der Waals surface area contributed by atoms with Crippen LogP contribution in [-0.4, -0.2) is 11.7 Å². The van der Waals surface area contributed by atoms with Crippen LogP contribution in [-0.2, 0) is 0 Å². The lowest BCUT2D eigenvalue weighted by Crippen LogP contribution is -2.27. The summed E-state index contributed by atoms with van der Waals surface area (Å²) < 4.78 is 0. The summed E-state index contributed by atoms with van der Waals surface area (Å²) in [6.45, 7) is 6.74. The summed E-state index contributed by atoms with van der Waals surface area (Å²) in [5, 5.41) is 8.84. The van der Waals surface area contributed by atoms with Crippen LogP contribution < -0.4 is 0 Å². The molecule has 0 aromatic heterocycles. The van der Waals surface area contributed by atoms with E-state index in [2.05, 4.69) is 13.8 Å². The molecule has 0 bridgehead atoms. The van der Waals surface area contributed by atoms with Gasteiger partial charge in [0.1, 0.15) is 0 Å². The van der Waals surface area contributed by atoms with Gasteiger partial charge in [-0.1, -0.05) is 19.4 Å². The SMILES string of the molecule is C/C(CO)=C1/CCC1(C)C. The zero-order valence-corrected chi connectivity index (χ0v) is 7.07. The lowest BCUT2D eigenvalue weighted by molar-refractivity contribution is 0.279. The van der Waals surface area contributed by atoms with Gasteiger partial charge in [-0.05, 0) is 30.8 Å². The monoisotopic (exact) mass is 140 g/mol. The molecular weight excluding hydrogens is 124 g/mol. The van der Waals surface area contributed by atoms with E-state index in [1.54, 1.807) is 0 Å². The van der Waals surface area contributed by atoms with E-state index in [0.717, 1.165) is 0 Å². The van der Waals surface area contributed by atoms with Gasteiger partial charge in [0.05, 0.1) is 6.61 Å². The van der Waals surface area contributed by atoms with E-state index >= 15 is 0 Å². The first-order chi connectivity index (χ1) is 4.58. The average molecular weight is 140 g/mol. The lowest BCUT2D eigenvalue weighted by Gasteiger charge is -2.40. The summed E-state index contributed by atoms with van der Waals surface area (Å²) in [4.78, 5) is 0. The van der Waals surface area contributed by atoms with Crippen molar-refractivity contribution in [3.63, 3.8) is 0 Å². The second-order valence-electron chi connectivity index (χ2n) is 3.80. The van der Waals surface area contributed by atoms with Crippen molar-refractivity contribution in [1.29, 1.82) is 0 Å². The molecule has 0 aromatic carbocycles. The summed E-state index contributed by atoms with van der Waals surface area (Å²) in [6.07, 6.45) is 2.47. The van der Waals surface area contributed by atoms with Crippen molar-refractivity contribution in [3.05, 3.63) is 11.1 Å². The molecule has 0 radical (unpaired) electrons. The van der Waals surface area contributed by atoms with Crippen LogP contribution in [0, 0.1) is 5.41 Å². The van der Waals surface area contributed by atoms with Crippen LogP contribution in [0.15, 0.2) is 11.1 Å². The lowest BCUT2D eigenvalue weighted by atomic mass is 9.66. The van der Waals surface area contributed by atoms with E-state index in [4.69, 9.17) is 5.11 Å². The second kappa shape index (κ2) is 2.39. The standard InChI is InChI=1S/C9H16O/c1-7(6-10)8-4-5-9(8,2)3/h10H,4-6H2,1-3H3/b8-7+. The maximum Gasteiger partial charge on any atom is 0.0641 e. The van der Waals surface area contributed by atoms with Crippen LogP contribution in [0.25, 0.3) is 0 Å². The first kappa shape index (κ1) is 7.80. The molecular formula is C9H16O. The first-order valence-electron chi connectivity index (χ1n) is 3.88. The van der Waals surface area contributed by atoms with Crippen molar-refractivity contribution >= 4 is 0 Å². The first-order valence-corrected chi connectivity index (χ1v) is 3.88. The fourth-order valence-electron chi connectivity index (χ4n) is 1.64. The highest BCUT2D eigenvalue weighted by Gasteiger charge is 2.33. The highest BCUT2D eigenvalue weighted by molar-refractivity contribution is 5.26. The van der Waals surface area contributed by atoms with Gasteiger partial charge in [-0.2, -0.15) is 0 Å². The topological polar surface area (TPSA) is 20.2 Å². The van der Waals surface area contributed by atoms with Crippen molar-refractivity contribution in [1.82, 2.24) is 0 Å². The number of aliphatic hydroxyl groups excluding tert-OH is 1. The number of aliphatic hydroxyl groups is 1. The molecule has 0 heterocycles. The van der Waals surface area contributed by atoms with E-state index in [9.17, 15) is 0 Å². The fourth-order valence-corrected chi connectivity index (χ4v) is 1.64. The third-order valence-electron chi connectivity index (χ3n) is 2.57. The van der Waals surface area contributed by atoms with Crippen LogP contribution in [0.1, 0.15) is 33.6 Å². The molecule has 0 atom stereocenters. The zero-order chi connectivity index (χ0) is 7.78. The maximum absolute atomic E-state index is 8.84. The minimum Gasteiger partial charge on any atom is -0.392 e. The molecule has 1 fully saturated rings. The van der Waals surface area contributed by atoms with E-state index in [1.807, 2.05) is 6.92 Å². The molecule has 1 aliphatic rings. The number of hydrogen-bond donors (Lipinski definition) is 1. The molecule has 1 heteroatoms. The van der Waals surface area contributed by atoms with Crippen LogP contribution in [0.4, 0.5) is 0 Å². The third kappa shape index (κ3) is 1.10. The molecule has 0 aliphatic heterocycles. The molecule has 1 rings (SSSR count). The third-order valence-corrected chi connectivity index (χ3v) is 2.57. The van der Waals surface area contributed by atoms with Crippen molar-refractivity contribution in [2.24, 2.45) is 5.41 Å². The highest BCUT2D eigenvalue weighted by atomic mass is 16.3. The Bertz CT molecular complexity index is 166. The number of rotatable bonds is 1. The van der Waals surface area contributed by atoms with Crippen LogP contribution in [0.5, 0.6) is 0 Å². The van der Waals surface area contributed by atoms with E-state index in [1.165, 1.54) is 24.0 Å². The molecule has 0 spiro atoms. The minimum atomic E-state index is 0.235. The molecule has 1 saturated carbocycles. The van der Waals surface area contributed by atoms with E-state index in [-0.39, 0.29) is 6.61 Å². The molecule has 58 valence electrons. The number of allylic oxidation sites excluding steroid dienone is 1. The van der Waals surface area contributed by atoms with Crippen LogP contribution in [0.2, 0.25) is 0 Å². The van der Waals surface area contributed by atoms with Gasteiger partial charge in [0.15, 0.2) is 0 Å². The van der Waals surface area contributed by atoms with Gasteiger partial charge in [-0.3, -0.25) is 0 Å². The smallest absolute Gasteiger partial charge is 0.0641 e. The molecule has 1 aliphatic carbocycles. The van der Waals surface area contributed by atoms with Gasteiger partial charge < -0.3 is 5.11 Å². The highest BCUT2D eigenvalue weighted by Crippen LogP contribution is 2.46. The average Bonchev–Trinajstić information content (AvgIpc) is 1.86. The van der Waals surface area contributed by atoms with Gasteiger partial charge in [-0.25, -0.2) is 0 Å². The molecule has 1 nitrogen and oxygen atoms in total. The van der Waals surface area contributed by atoms with Gasteiger partial charge in [0.2, 0.25) is 0 Å². The van der Waals surface area contributed by atoms with E-state index in [0.29, 0.717) is 5.41 Å². The van der Waals surface area contributed by atoms with Crippen LogP contribution >= 0.6 is 0 Å². The molecule has 0 unspecified atom stereocenters. The van der Waals surface area contributed by atoms with Crippen molar-refractivity contribution < 1.29 is 5.11 Å². The Morgan fingerprint density at radius 3 is 2.30 bits per heavy atom. The van der Waals surface area contributed by atoms with Gasteiger partial charge in [0, 0.05) is 0 Å². The van der Waals surface area contributed by atoms with Crippen molar-refractivity contribution in [2.45, 2.75) is 33.6 Å². The molecule has 0 aromatic rings. The predicted octanol–water partition coefficient (Wildman–Crippen LogP) is 2.12. The molecule has 1 N–H and O–H groups in total. The van der Waals surface area contributed by atoms with E-state index < -0.39 is 0 Å². The van der Waals surface area contributed by atoms with Gasteiger partial charge >= 0.3 is 0 Å². The summed E-state index contributed by atoms with van der Waals surface area (Å²) in [5.41, 5.74) is 3.03. The van der Waals surface area contributed by atoms with Crippen molar-refractivity contribution in [2.75, 3.05) is 6.61 Å². The summed E-state index contributed by atoms with van der Waals surface area (Å²) in [6, 6.07) is 0. The fraction of sp³-hybridized carbons (Fsp3) is 0.778.